The second kappa shape index (κ2) is 5.33. The van der Waals surface area contributed by atoms with Crippen LogP contribution in [0.25, 0.3) is 0 Å². The van der Waals surface area contributed by atoms with Gasteiger partial charge in [0, 0.05) is 23.2 Å². The standard InChI is InChI=1S/C18H17ClN2O/c19-13-6-7-16-15(10-13)18-14(8-9-21(18)11-22)17(20-16)12-4-2-1-3-5-12/h1-7,10-11,14,17-18,20H,8-9H2. The number of likely N-dealkylation sites (tertiary alicyclic amines) is 1. The van der Waals surface area contributed by atoms with Crippen LogP contribution < -0.4 is 5.32 Å². The van der Waals surface area contributed by atoms with Gasteiger partial charge in [-0.2, -0.15) is 0 Å². The summed E-state index contributed by atoms with van der Waals surface area (Å²) in [6.45, 7) is 0.801. The van der Waals surface area contributed by atoms with E-state index < -0.39 is 0 Å². The van der Waals surface area contributed by atoms with Crippen LogP contribution in [-0.2, 0) is 4.79 Å². The minimum absolute atomic E-state index is 0.109. The first-order valence-electron chi connectivity index (χ1n) is 7.60. The molecule has 22 heavy (non-hydrogen) atoms. The minimum atomic E-state index is 0.109. The molecule has 2 aliphatic heterocycles. The summed E-state index contributed by atoms with van der Waals surface area (Å²) in [4.78, 5) is 13.4. The molecule has 1 fully saturated rings. The number of fused-ring (bicyclic) bond motifs is 3. The second-order valence-electron chi connectivity index (χ2n) is 6.00. The first-order chi connectivity index (χ1) is 10.8. The fraction of sp³-hybridized carbons (Fsp3) is 0.278. The zero-order chi connectivity index (χ0) is 15.1. The van der Waals surface area contributed by atoms with Gasteiger partial charge in [-0.1, -0.05) is 41.9 Å². The molecule has 3 atom stereocenters. The highest BCUT2D eigenvalue weighted by Gasteiger charge is 2.44. The molecule has 3 unspecified atom stereocenters. The number of nitrogens with zero attached hydrogens (tertiary/aromatic N) is 1. The van der Waals surface area contributed by atoms with E-state index in [4.69, 9.17) is 11.6 Å². The molecule has 0 aliphatic carbocycles. The van der Waals surface area contributed by atoms with Crippen molar-refractivity contribution in [2.45, 2.75) is 18.5 Å². The Balaban J connectivity index is 1.82. The van der Waals surface area contributed by atoms with Crippen molar-refractivity contribution in [3.63, 3.8) is 0 Å². The molecule has 0 saturated carbocycles. The SMILES string of the molecule is O=CN1CCC2C(c3ccccc3)Nc3ccc(Cl)cc3C21. The molecule has 3 nitrogen and oxygen atoms in total. The lowest BCUT2D eigenvalue weighted by Gasteiger charge is -2.39. The van der Waals surface area contributed by atoms with Gasteiger partial charge in [0.2, 0.25) is 6.41 Å². The first kappa shape index (κ1) is 13.6. The van der Waals surface area contributed by atoms with Crippen LogP contribution in [-0.4, -0.2) is 17.9 Å². The Morgan fingerprint density at radius 1 is 1.18 bits per heavy atom. The van der Waals surface area contributed by atoms with Crippen molar-refractivity contribution in [3.05, 3.63) is 64.7 Å². The molecule has 1 saturated heterocycles. The van der Waals surface area contributed by atoms with Crippen molar-refractivity contribution in [2.75, 3.05) is 11.9 Å². The largest absolute Gasteiger partial charge is 0.378 e. The van der Waals surface area contributed by atoms with Gasteiger partial charge in [0.25, 0.3) is 0 Å². The van der Waals surface area contributed by atoms with E-state index in [1.165, 1.54) is 5.56 Å². The van der Waals surface area contributed by atoms with Crippen LogP contribution in [0.3, 0.4) is 0 Å². The summed E-state index contributed by atoms with van der Waals surface area (Å²) in [5.74, 6) is 0.374. The lowest BCUT2D eigenvalue weighted by molar-refractivity contribution is -0.119. The van der Waals surface area contributed by atoms with Gasteiger partial charge in [-0.3, -0.25) is 4.79 Å². The predicted octanol–water partition coefficient (Wildman–Crippen LogP) is 4.03. The van der Waals surface area contributed by atoms with E-state index in [9.17, 15) is 4.79 Å². The molecule has 0 bridgehead atoms. The lowest BCUT2D eigenvalue weighted by Crippen LogP contribution is -2.34. The number of carbonyl (C=O) groups is 1. The van der Waals surface area contributed by atoms with Crippen LogP contribution in [0, 0.1) is 5.92 Å². The Labute approximate surface area is 134 Å². The van der Waals surface area contributed by atoms with Crippen LogP contribution in [0.1, 0.15) is 29.6 Å². The molecule has 112 valence electrons. The molecule has 0 spiro atoms. The van der Waals surface area contributed by atoms with Gasteiger partial charge in [-0.05, 0) is 35.7 Å². The number of benzene rings is 2. The van der Waals surface area contributed by atoms with E-state index in [-0.39, 0.29) is 12.1 Å². The van der Waals surface area contributed by atoms with E-state index in [0.717, 1.165) is 35.6 Å². The molecule has 2 heterocycles. The number of amides is 1. The fourth-order valence-electron chi connectivity index (χ4n) is 3.89. The molecule has 1 N–H and O–H groups in total. The highest BCUT2D eigenvalue weighted by atomic mass is 35.5. The van der Waals surface area contributed by atoms with Crippen molar-refractivity contribution in [2.24, 2.45) is 5.92 Å². The Morgan fingerprint density at radius 2 is 2.00 bits per heavy atom. The fourth-order valence-corrected chi connectivity index (χ4v) is 4.07. The molecule has 1 amide bonds. The second-order valence-corrected chi connectivity index (χ2v) is 6.44. The zero-order valence-electron chi connectivity index (χ0n) is 12.1. The van der Waals surface area contributed by atoms with Gasteiger partial charge in [0.1, 0.15) is 0 Å². The van der Waals surface area contributed by atoms with Gasteiger partial charge in [0.15, 0.2) is 0 Å². The summed E-state index contributed by atoms with van der Waals surface area (Å²) in [7, 11) is 0. The smallest absolute Gasteiger partial charge is 0.210 e. The van der Waals surface area contributed by atoms with Crippen LogP contribution in [0.5, 0.6) is 0 Å². The molecule has 2 aromatic carbocycles. The maximum absolute atomic E-state index is 11.5. The van der Waals surface area contributed by atoms with Crippen molar-refractivity contribution in [1.29, 1.82) is 0 Å². The quantitative estimate of drug-likeness (QED) is 0.849. The maximum atomic E-state index is 11.5. The monoisotopic (exact) mass is 312 g/mol. The van der Waals surface area contributed by atoms with Gasteiger partial charge in [-0.25, -0.2) is 0 Å². The number of hydrogen-bond donors (Lipinski definition) is 1. The molecule has 2 aliphatic rings. The lowest BCUT2D eigenvalue weighted by atomic mass is 9.80. The summed E-state index contributed by atoms with van der Waals surface area (Å²) >= 11 is 6.18. The van der Waals surface area contributed by atoms with Gasteiger partial charge in [0.05, 0.1) is 12.1 Å². The molecular formula is C18H17ClN2O. The van der Waals surface area contributed by atoms with E-state index in [2.05, 4.69) is 29.6 Å². The highest BCUT2D eigenvalue weighted by molar-refractivity contribution is 6.30. The number of carbonyl (C=O) groups excluding carboxylic acids is 1. The third-order valence-corrected chi connectivity index (χ3v) is 5.08. The Morgan fingerprint density at radius 3 is 2.77 bits per heavy atom. The third-order valence-electron chi connectivity index (χ3n) is 4.85. The highest BCUT2D eigenvalue weighted by Crippen LogP contribution is 2.51. The van der Waals surface area contributed by atoms with Crippen molar-refractivity contribution in [1.82, 2.24) is 4.90 Å². The molecule has 2 aromatic rings. The molecule has 4 rings (SSSR count). The average molecular weight is 313 g/mol. The molecule has 4 heteroatoms. The van der Waals surface area contributed by atoms with Crippen molar-refractivity contribution in [3.8, 4) is 0 Å². The van der Waals surface area contributed by atoms with Crippen LogP contribution >= 0.6 is 11.6 Å². The number of anilines is 1. The summed E-state index contributed by atoms with van der Waals surface area (Å²) < 4.78 is 0. The molecular weight excluding hydrogens is 296 g/mol. The third kappa shape index (κ3) is 2.08. The van der Waals surface area contributed by atoms with Crippen LogP contribution in [0.2, 0.25) is 5.02 Å². The topological polar surface area (TPSA) is 32.3 Å². The zero-order valence-corrected chi connectivity index (χ0v) is 12.8. The van der Waals surface area contributed by atoms with Crippen molar-refractivity contribution >= 4 is 23.7 Å². The van der Waals surface area contributed by atoms with E-state index >= 15 is 0 Å². The number of nitrogens with one attached hydrogen (secondary N) is 1. The number of rotatable bonds is 2. The first-order valence-corrected chi connectivity index (χ1v) is 7.97. The van der Waals surface area contributed by atoms with E-state index in [1.54, 1.807) is 0 Å². The van der Waals surface area contributed by atoms with Gasteiger partial charge in [-0.15, -0.1) is 0 Å². The minimum Gasteiger partial charge on any atom is -0.378 e. The van der Waals surface area contributed by atoms with Gasteiger partial charge >= 0.3 is 0 Å². The number of hydrogen-bond acceptors (Lipinski definition) is 2. The Hall–Kier alpha value is -2.00. The van der Waals surface area contributed by atoms with E-state index in [0.29, 0.717) is 5.92 Å². The number of halogens is 1. The Kier molecular flexibility index (Phi) is 3.30. The summed E-state index contributed by atoms with van der Waals surface area (Å²) in [6, 6.07) is 16.7. The average Bonchev–Trinajstić information content (AvgIpc) is 2.99. The van der Waals surface area contributed by atoms with E-state index in [1.807, 2.05) is 29.2 Å². The van der Waals surface area contributed by atoms with Crippen LogP contribution in [0.4, 0.5) is 5.69 Å². The van der Waals surface area contributed by atoms with Crippen LogP contribution in [0.15, 0.2) is 48.5 Å². The van der Waals surface area contributed by atoms with Gasteiger partial charge < -0.3 is 10.2 Å². The Bertz CT molecular complexity index is 703. The molecule has 0 aromatic heterocycles. The molecule has 0 radical (unpaired) electrons. The van der Waals surface area contributed by atoms with Crippen molar-refractivity contribution < 1.29 is 4.79 Å². The summed E-state index contributed by atoms with van der Waals surface area (Å²) in [6.07, 6.45) is 1.98. The summed E-state index contributed by atoms with van der Waals surface area (Å²) in [5.41, 5.74) is 3.48. The summed E-state index contributed by atoms with van der Waals surface area (Å²) in [5, 5.41) is 4.37. The normalized spacial score (nSPS) is 26.0. The predicted molar refractivity (Wildman–Crippen MR) is 87.9 cm³/mol. The maximum Gasteiger partial charge on any atom is 0.210 e.